The SMILES string of the molecule is CCN1CCC[C@H]1CN(CCN(C)C)S(=O)(=O)c1c(F)cccc1F. The summed E-state index contributed by atoms with van der Waals surface area (Å²) in [7, 11) is -0.576. The fourth-order valence-corrected chi connectivity index (χ4v) is 4.81. The van der Waals surface area contributed by atoms with Crippen LogP contribution in [0.25, 0.3) is 0 Å². The van der Waals surface area contributed by atoms with Gasteiger partial charge in [0.1, 0.15) is 11.6 Å². The first-order valence-corrected chi connectivity index (χ1v) is 10.0. The molecule has 8 heteroatoms. The Morgan fingerprint density at radius 1 is 1.20 bits per heavy atom. The Morgan fingerprint density at radius 2 is 1.84 bits per heavy atom. The Hall–Kier alpha value is -1.09. The minimum atomic E-state index is -4.25. The standard InChI is InChI=1S/C17H27F2N3O2S/c1-4-21-10-6-7-14(21)13-22(12-11-20(2)3)25(23,24)17-15(18)8-5-9-16(17)19/h5,8-9,14H,4,6-7,10-13H2,1-3H3/t14-/m0/s1. The van der Waals surface area contributed by atoms with Crippen molar-refractivity contribution in [3.8, 4) is 0 Å². The summed E-state index contributed by atoms with van der Waals surface area (Å²) in [6.45, 7) is 4.72. The number of hydrogen-bond donors (Lipinski definition) is 0. The second-order valence-electron chi connectivity index (χ2n) is 6.64. The maximum absolute atomic E-state index is 14.1. The summed E-state index contributed by atoms with van der Waals surface area (Å²) in [4.78, 5) is 3.22. The minimum Gasteiger partial charge on any atom is -0.308 e. The molecule has 1 aromatic carbocycles. The molecule has 1 aromatic rings. The summed E-state index contributed by atoms with van der Waals surface area (Å²) < 4.78 is 55.4. The van der Waals surface area contributed by atoms with E-state index >= 15 is 0 Å². The number of likely N-dealkylation sites (N-methyl/N-ethyl adjacent to an activating group) is 2. The number of hydrogen-bond acceptors (Lipinski definition) is 4. The van der Waals surface area contributed by atoms with Crippen molar-refractivity contribution in [2.75, 3.05) is 46.8 Å². The number of benzene rings is 1. The summed E-state index contributed by atoms with van der Waals surface area (Å²) in [6.07, 6.45) is 1.90. The van der Waals surface area contributed by atoms with Crippen LogP contribution in [0.5, 0.6) is 0 Å². The average molecular weight is 375 g/mol. The predicted molar refractivity (Wildman–Crippen MR) is 93.9 cm³/mol. The van der Waals surface area contributed by atoms with E-state index in [-0.39, 0.29) is 19.1 Å². The van der Waals surface area contributed by atoms with E-state index in [2.05, 4.69) is 4.90 Å². The zero-order valence-electron chi connectivity index (χ0n) is 15.1. The molecule has 0 N–H and O–H groups in total. The van der Waals surface area contributed by atoms with Gasteiger partial charge in [0.25, 0.3) is 0 Å². The lowest BCUT2D eigenvalue weighted by Gasteiger charge is -2.30. The third-order valence-corrected chi connectivity index (χ3v) is 6.55. The van der Waals surface area contributed by atoms with Crippen LogP contribution in [0.2, 0.25) is 0 Å². The number of likely N-dealkylation sites (tertiary alicyclic amines) is 1. The monoisotopic (exact) mass is 375 g/mol. The molecule has 1 fully saturated rings. The highest BCUT2D eigenvalue weighted by Crippen LogP contribution is 2.25. The van der Waals surface area contributed by atoms with Crippen LogP contribution in [0.15, 0.2) is 23.1 Å². The van der Waals surface area contributed by atoms with E-state index in [0.29, 0.717) is 6.54 Å². The summed E-state index contributed by atoms with van der Waals surface area (Å²) in [6, 6.07) is 3.21. The molecule has 1 atom stereocenters. The van der Waals surface area contributed by atoms with E-state index in [0.717, 1.165) is 38.1 Å². The van der Waals surface area contributed by atoms with Crippen LogP contribution in [0, 0.1) is 11.6 Å². The Labute approximate surface area is 149 Å². The molecule has 1 heterocycles. The Morgan fingerprint density at radius 3 is 2.40 bits per heavy atom. The number of sulfonamides is 1. The smallest absolute Gasteiger partial charge is 0.249 e. The molecule has 5 nitrogen and oxygen atoms in total. The highest BCUT2D eigenvalue weighted by Gasteiger charge is 2.34. The fraction of sp³-hybridized carbons (Fsp3) is 0.647. The van der Waals surface area contributed by atoms with E-state index in [1.807, 2.05) is 25.9 Å². The van der Waals surface area contributed by atoms with Gasteiger partial charge in [-0.15, -0.1) is 0 Å². The van der Waals surface area contributed by atoms with Crippen LogP contribution in [0.1, 0.15) is 19.8 Å². The molecular formula is C17H27F2N3O2S. The third-order valence-electron chi connectivity index (χ3n) is 4.63. The van der Waals surface area contributed by atoms with Crippen LogP contribution in [-0.2, 0) is 10.0 Å². The number of halogens is 2. The Bertz CT molecular complexity index is 662. The average Bonchev–Trinajstić information content (AvgIpc) is 2.97. The van der Waals surface area contributed by atoms with Gasteiger partial charge in [-0.25, -0.2) is 17.2 Å². The van der Waals surface area contributed by atoms with Crippen molar-refractivity contribution in [2.24, 2.45) is 0 Å². The molecular weight excluding hydrogens is 348 g/mol. The van der Waals surface area contributed by atoms with E-state index in [1.54, 1.807) is 0 Å². The molecule has 1 aliphatic rings. The van der Waals surface area contributed by atoms with Crippen molar-refractivity contribution in [2.45, 2.75) is 30.7 Å². The zero-order chi connectivity index (χ0) is 18.6. The Kier molecular flexibility index (Phi) is 6.90. The normalized spacial score (nSPS) is 19.2. The molecule has 0 bridgehead atoms. The first-order valence-electron chi connectivity index (χ1n) is 8.60. The lowest BCUT2D eigenvalue weighted by atomic mass is 10.2. The van der Waals surface area contributed by atoms with Gasteiger partial charge in [0.15, 0.2) is 4.90 Å². The molecule has 2 rings (SSSR count). The van der Waals surface area contributed by atoms with Gasteiger partial charge in [-0.05, 0) is 52.2 Å². The van der Waals surface area contributed by atoms with E-state index in [9.17, 15) is 17.2 Å². The molecule has 0 unspecified atom stereocenters. The van der Waals surface area contributed by atoms with Crippen molar-refractivity contribution >= 4 is 10.0 Å². The molecule has 25 heavy (non-hydrogen) atoms. The highest BCUT2D eigenvalue weighted by atomic mass is 32.2. The minimum absolute atomic E-state index is 0.0803. The second kappa shape index (κ2) is 8.53. The van der Waals surface area contributed by atoms with Crippen molar-refractivity contribution in [3.05, 3.63) is 29.8 Å². The van der Waals surface area contributed by atoms with Crippen LogP contribution < -0.4 is 0 Å². The van der Waals surface area contributed by atoms with Gasteiger partial charge in [0.05, 0.1) is 0 Å². The lowest BCUT2D eigenvalue weighted by Crippen LogP contribution is -2.45. The molecule has 0 aliphatic carbocycles. The summed E-state index contributed by atoms with van der Waals surface area (Å²) in [5.74, 6) is -2.10. The molecule has 1 saturated heterocycles. The molecule has 142 valence electrons. The van der Waals surface area contributed by atoms with Gasteiger partial charge in [-0.1, -0.05) is 13.0 Å². The first-order chi connectivity index (χ1) is 11.8. The molecule has 0 spiro atoms. The van der Waals surface area contributed by atoms with Gasteiger partial charge in [-0.3, -0.25) is 4.90 Å². The van der Waals surface area contributed by atoms with E-state index in [1.165, 1.54) is 10.4 Å². The highest BCUT2D eigenvalue weighted by molar-refractivity contribution is 7.89. The summed E-state index contributed by atoms with van der Waals surface area (Å²) >= 11 is 0. The Balaban J connectivity index is 2.33. The predicted octanol–water partition coefficient (Wildman–Crippen LogP) is 2.00. The molecule has 0 radical (unpaired) electrons. The largest absolute Gasteiger partial charge is 0.308 e. The quantitative estimate of drug-likeness (QED) is 0.697. The maximum Gasteiger partial charge on any atom is 0.249 e. The topological polar surface area (TPSA) is 43.9 Å². The zero-order valence-corrected chi connectivity index (χ0v) is 15.9. The van der Waals surface area contributed by atoms with Crippen molar-refractivity contribution < 1.29 is 17.2 Å². The van der Waals surface area contributed by atoms with Gasteiger partial charge >= 0.3 is 0 Å². The lowest BCUT2D eigenvalue weighted by molar-refractivity contribution is 0.219. The fourth-order valence-electron chi connectivity index (χ4n) is 3.23. The number of rotatable bonds is 8. The summed E-state index contributed by atoms with van der Waals surface area (Å²) in [5, 5.41) is 0. The summed E-state index contributed by atoms with van der Waals surface area (Å²) in [5.41, 5.74) is 0. The van der Waals surface area contributed by atoms with Crippen molar-refractivity contribution in [1.82, 2.24) is 14.1 Å². The van der Waals surface area contributed by atoms with Crippen molar-refractivity contribution in [3.63, 3.8) is 0 Å². The molecule has 1 aliphatic heterocycles. The second-order valence-corrected chi connectivity index (χ2v) is 8.52. The van der Waals surface area contributed by atoms with Crippen LogP contribution in [0.4, 0.5) is 8.78 Å². The van der Waals surface area contributed by atoms with E-state index in [4.69, 9.17) is 0 Å². The van der Waals surface area contributed by atoms with Gasteiger partial charge < -0.3 is 4.90 Å². The van der Waals surface area contributed by atoms with Gasteiger partial charge in [0, 0.05) is 25.7 Å². The molecule has 0 aromatic heterocycles. The molecule has 0 saturated carbocycles. The van der Waals surface area contributed by atoms with Gasteiger partial charge in [-0.2, -0.15) is 4.31 Å². The van der Waals surface area contributed by atoms with Crippen LogP contribution >= 0.6 is 0 Å². The van der Waals surface area contributed by atoms with Gasteiger partial charge in [0.2, 0.25) is 10.0 Å². The van der Waals surface area contributed by atoms with Crippen molar-refractivity contribution in [1.29, 1.82) is 0 Å². The first kappa shape index (κ1) is 20.2. The van der Waals surface area contributed by atoms with Crippen LogP contribution in [0.3, 0.4) is 0 Å². The third kappa shape index (κ3) is 4.75. The van der Waals surface area contributed by atoms with E-state index < -0.39 is 26.6 Å². The van der Waals surface area contributed by atoms with Crippen LogP contribution in [-0.4, -0.2) is 75.4 Å². The molecule has 0 amide bonds. The number of nitrogens with zero attached hydrogens (tertiary/aromatic N) is 3. The maximum atomic E-state index is 14.1.